The number of aliphatic hydroxyl groups excluding tert-OH is 1. The first-order chi connectivity index (χ1) is 9.37. The molecule has 5 heteroatoms. The zero-order valence-corrected chi connectivity index (χ0v) is 12.0. The van der Waals surface area contributed by atoms with Gasteiger partial charge in [0, 0.05) is 24.3 Å². The van der Waals surface area contributed by atoms with E-state index in [0.717, 1.165) is 11.3 Å². The molecule has 0 saturated carbocycles. The molecule has 0 aliphatic carbocycles. The number of hydrogen-bond donors (Lipinski definition) is 2. The molecule has 1 amide bonds. The second-order valence-corrected chi connectivity index (χ2v) is 5.53. The molecule has 1 aliphatic rings. The molecule has 0 aromatic heterocycles. The smallest absolute Gasteiger partial charge is 0.245 e. The van der Waals surface area contributed by atoms with Gasteiger partial charge in [0.05, 0.1) is 17.7 Å². The van der Waals surface area contributed by atoms with Gasteiger partial charge in [0.15, 0.2) is 0 Å². The Bertz CT molecular complexity index is 573. The van der Waals surface area contributed by atoms with Crippen LogP contribution in [0.3, 0.4) is 0 Å². The minimum Gasteiger partial charge on any atom is -0.389 e. The molecule has 0 unspecified atom stereocenters. The maximum atomic E-state index is 12.1. The van der Waals surface area contributed by atoms with E-state index in [2.05, 4.69) is 11.4 Å². The van der Waals surface area contributed by atoms with Crippen LogP contribution in [0.4, 0.5) is 5.69 Å². The number of hydrogen-bond acceptors (Lipinski definition) is 4. The van der Waals surface area contributed by atoms with E-state index < -0.39 is 11.6 Å². The predicted octanol–water partition coefficient (Wildman–Crippen LogP) is 1.33. The highest BCUT2D eigenvalue weighted by Crippen LogP contribution is 2.33. The highest BCUT2D eigenvalue weighted by molar-refractivity contribution is 5.90. The van der Waals surface area contributed by atoms with Gasteiger partial charge in [0.1, 0.15) is 5.54 Å². The molecular formula is C15H19N3O2. The normalized spacial score (nSPS) is 19.1. The fraction of sp³-hybridized carbons (Fsp3) is 0.467. The van der Waals surface area contributed by atoms with Crippen LogP contribution in [0, 0.1) is 11.3 Å². The summed E-state index contributed by atoms with van der Waals surface area (Å²) in [4.78, 5) is 14.0. The fourth-order valence-corrected chi connectivity index (χ4v) is 2.52. The van der Waals surface area contributed by atoms with Crippen molar-refractivity contribution in [1.82, 2.24) is 5.32 Å². The van der Waals surface area contributed by atoms with Crippen LogP contribution in [0.25, 0.3) is 0 Å². The van der Waals surface area contributed by atoms with Gasteiger partial charge in [-0.1, -0.05) is 6.07 Å². The maximum Gasteiger partial charge on any atom is 0.245 e. The van der Waals surface area contributed by atoms with Crippen LogP contribution in [0.2, 0.25) is 0 Å². The van der Waals surface area contributed by atoms with Crippen molar-refractivity contribution in [2.24, 2.45) is 0 Å². The number of nitrogens with zero attached hydrogens (tertiary/aromatic N) is 2. The van der Waals surface area contributed by atoms with Gasteiger partial charge in [-0.05, 0) is 32.9 Å². The molecule has 1 fully saturated rings. The molecule has 20 heavy (non-hydrogen) atoms. The fourth-order valence-electron chi connectivity index (χ4n) is 2.52. The molecule has 0 bridgehead atoms. The monoisotopic (exact) mass is 273 g/mol. The van der Waals surface area contributed by atoms with Crippen molar-refractivity contribution in [2.45, 2.75) is 32.4 Å². The molecule has 0 spiro atoms. The van der Waals surface area contributed by atoms with E-state index in [0.29, 0.717) is 18.7 Å². The Hall–Kier alpha value is -2.06. The maximum absolute atomic E-state index is 12.1. The Morgan fingerprint density at radius 2 is 2.20 bits per heavy atom. The van der Waals surface area contributed by atoms with Crippen molar-refractivity contribution in [3.63, 3.8) is 0 Å². The topological polar surface area (TPSA) is 76.4 Å². The average Bonchev–Trinajstić information content (AvgIpc) is 2.41. The molecule has 0 radical (unpaired) electrons. The van der Waals surface area contributed by atoms with E-state index in [1.807, 2.05) is 18.7 Å². The van der Waals surface area contributed by atoms with Gasteiger partial charge in [-0.3, -0.25) is 4.79 Å². The van der Waals surface area contributed by atoms with Crippen LogP contribution in [0.1, 0.15) is 38.0 Å². The summed E-state index contributed by atoms with van der Waals surface area (Å²) in [6, 6.07) is 7.28. The van der Waals surface area contributed by atoms with Crippen molar-refractivity contribution < 1.29 is 9.90 Å². The van der Waals surface area contributed by atoms with E-state index in [1.54, 1.807) is 25.1 Å². The molecule has 1 aromatic carbocycles. The number of benzene rings is 1. The van der Waals surface area contributed by atoms with Gasteiger partial charge < -0.3 is 15.3 Å². The lowest BCUT2D eigenvalue weighted by atomic mass is 9.95. The van der Waals surface area contributed by atoms with Crippen LogP contribution < -0.4 is 10.2 Å². The Balaban J connectivity index is 2.55. The Labute approximate surface area is 118 Å². The van der Waals surface area contributed by atoms with Gasteiger partial charge in [-0.2, -0.15) is 5.26 Å². The number of rotatable bonds is 2. The molecule has 1 atom stereocenters. The lowest BCUT2D eigenvalue weighted by Gasteiger charge is -2.44. The van der Waals surface area contributed by atoms with Gasteiger partial charge in [-0.25, -0.2) is 0 Å². The average molecular weight is 273 g/mol. The van der Waals surface area contributed by atoms with E-state index in [9.17, 15) is 9.90 Å². The number of carbonyl (C=O) groups is 1. The SMILES string of the molecule is C[C@H](O)c1ccc(C#N)cc1N1CCNC(=O)C1(C)C. The van der Waals surface area contributed by atoms with E-state index in [-0.39, 0.29) is 5.91 Å². The lowest BCUT2D eigenvalue weighted by Crippen LogP contribution is -2.62. The van der Waals surface area contributed by atoms with Gasteiger partial charge in [0.2, 0.25) is 5.91 Å². The summed E-state index contributed by atoms with van der Waals surface area (Å²) in [5, 5.41) is 21.8. The molecule has 1 aromatic rings. The van der Waals surface area contributed by atoms with Crippen LogP contribution in [0.15, 0.2) is 18.2 Å². The highest BCUT2D eigenvalue weighted by atomic mass is 16.3. The number of anilines is 1. The highest BCUT2D eigenvalue weighted by Gasteiger charge is 2.38. The Morgan fingerprint density at radius 1 is 1.50 bits per heavy atom. The molecule has 5 nitrogen and oxygen atoms in total. The van der Waals surface area contributed by atoms with E-state index in [4.69, 9.17) is 5.26 Å². The minimum absolute atomic E-state index is 0.0531. The standard InChI is InChI=1S/C15H19N3O2/c1-10(19)12-5-4-11(9-16)8-13(12)18-7-6-17-14(20)15(18,2)3/h4-5,8,10,19H,6-7H2,1-3H3,(H,17,20)/t10-/m0/s1. The van der Waals surface area contributed by atoms with Crippen LogP contribution in [-0.4, -0.2) is 29.6 Å². The summed E-state index contributed by atoms with van der Waals surface area (Å²) in [5.74, 6) is -0.0531. The second-order valence-electron chi connectivity index (χ2n) is 5.53. The predicted molar refractivity (Wildman–Crippen MR) is 76.2 cm³/mol. The summed E-state index contributed by atoms with van der Waals surface area (Å²) < 4.78 is 0. The van der Waals surface area contributed by atoms with Crippen LogP contribution in [0.5, 0.6) is 0 Å². The summed E-state index contributed by atoms with van der Waals surface area (Å²) in [7, 11) is 0. The minimum atomic E-state index is -0.712. The number of amides is 1. The van der Waals surface area contributed by atoms with Crippen molar-refractivity contribution in [1.29, 1.82) is 5.26 Å². The summed E-state index contributed by atoms with van der Waals surface area (Å²) in [5.41, 5.74) is 1.28. The van der Waals surface area contributed by atoms with Crippen molar-refractivity contribution >= 4 is 11.6 Å². The van der Waals surface area contributed by atoms with Crippen molar-refractivity contribution in [3.8, 4) is 6.07 Å². The number of piperazine rings is 1. The molecule has 1 saturated heterocycles. The van der Waals surface area contributed by atoms with Crippen molar-refractivity contribution in [3.05, 3.63) is 29.3 Å². The van der Waals surface area contributed by atoms with Crippen LogP contribution >= 0.6 is 0 Å². The van der Waals surface area contributed by atoms with Crippen LogP contribution in [-0.2, 0) is 4.79 Å². The van der Waals surface area contributed by atoms with Gasteiger partial charge in [-0.15, -0.1) is 0 Å². The molecule has 106 valence electrons. The molecule has 2 N–H and O–H groups in total. The Morgan fingerprint density at radius 3 is 2.80 bits per heavy atom. The first-order valence-corrected chi connectivity index (χ1v) is 6.66. The van der Waals surface area contributed by atoms with Gasteiger partial charge in [0.25, 0.3) is 0 Å². The third-order valence-corrected chi connectivity index (χ3v) is 3.75. The van der Waals surface area contributed by atoms with Gasteiger partial charge >= 0.3 is 0 Å². The quantitative estimate of drug-likeness (QED) is 0.852. The second kappa shape index (κ2) is 5.14. The molecule has 1 aliphatic heterocycles. The lowest BCUT2D eigenvalue weighted by molar-refractivity contribution is -0.126. The number of nitrogens with one attached hydrogen (secondary N) is 1. The Kier molecular flexibility index (Phi) is 3.69. The molecule has 1 heterocycles. The first kappa shape index (κ1) is 14.4. The first-order valence-electron chi connectivity index (χ1n) is 6.66. The largest absolute Gasteiger partial charge is 0.389 e. The zero-order valence-electron chi connectivity index (χ0n) is 12.0. The number of nitriles is 1. The summed E-state index contributed by atoms with van der Waals surface area (Å²) in [6.07, 6.45) is -0.654. The number of aliphatic hydroxyl groups is 1. The third-order valence-electron chi connectivity index (χ3n) is 3.75. The van der Waals surface area contributed by atoms with Crippen molar-refractivity contribution in [2.75, 3.05) is 18.0 Å². The zero-order chi connectivity index (χ0) is 14.9. The van der Waals surface area contributed by atoms with E-state index >= 15 is 0 Å². The molecule has 2 rings (SSSR count). The summed E-state index contributed by atoms with van der Waals surface area (Å²) in [6.45, 7) is 6.56. The molecular weight excluding hydrogens is 254 g/mol. The number of carbonyl (C=O) groups excluding carboxylic acids is 1. The van der Waals surface area contributed by atoms with E-state index in [1.165, 1.54) is 0 Å². The third kappa shape index (κ3) is 2.35. The summed E-state index contributed by atoms with van der Waals surface area (Å²) >= 11 is 0.